The van der Waals surface area contributed by atoms with Crippen LogP contribution in [0, 0.1) is 0 Å². The molecule has 1 aliphatic rings. The summed E-state index contributed by atoms with van der Waals surface area (Å²) in [6.45, 7) is -2.09. The summed E-state index contributed by atoms with van der Waals surface area (Å²) in [5.74, 6) is 0. The zero-order chi connectivity index (χ0) is 34.5. The first-order valence-corrected chi connectivity index (χ1v) is 24.1. The lowest BCUT2D eigenvalue weighted by molar-refractivity contribution is -0.933. The van der Waals surface area contributed by atoms with Crippen molar-refractivity contribution >= 4 is 60.8 Å². The van der Waals surface area contributed by atoms with Crippen molar-refractivity contribution in [1.29, 1.82) is 0 Å². The van der Waals surface area contributed by atoms with E-state index in [0.29, 0.717) is 0 Å². The summed E-state index contributed by atoms with van der Waals surface area (Å²) in [6, 6.07) is 0. The summed E-state index contributed by atoms with van der Waals surface area (Å²) in [7, 11) is -58.5. The summed E-state index contributed by atoms with van der Waals surface area (Å²) >= 11 is 0. The van der Waals surface area contributed by atoms with Gasteiger partial charge in [-0.15, -0.1) is 0 Å². The molecular weight excluding hydrogens is 780 g/mol. The minimum absolute atomic E-state index is 0. The average Bonchev–Trinajstić information content (AvgIpc) is 2.71. The Balaban J connectivity index is 0.0000185. The van der Waals surface area contributed by atoms with Crippen molar-refractivity contribution in [2.45, 2.75) is 47.8 Å². The quantitative estimate of drug-likeness (QED) is 0.0788. The van der Waals surface area contributed by atoms with E-state index in [1.165, 1.54) is 0 Å². The number of hydrogen-bond acceptors (Lipinski definition) is 12. The molecule has 44 heavy (non-hydrogen) atoms. The number of hydrogen-bond donors (Lipinski definition) is 14. The van der Waals surface area contributed by atoms with Gasteiger partial charge >= 0.3 is 53.2 Å². The summed E-state index contributed by atoms with van der Waals surface area (Å²) in [5.41, 5.74) is -19.9. The Morgan fingerprint density at radius 1 is 0.523 bits per heavy atom. The van der Waals surface area contributed by atoms with Crippen molar-refractivity contribution in [2.24, 2.45) is 0 Å². The second-order valence-electron chi connectivity index (χ2n) is 9.00. The molecule has 0 aromatic heterocycles. The van der Waals surface area contributed by atoms with Crippen LogP contribution >= 0.6 is 60.8 Å². The van der Waals surface area contributed by atoms with Gasteiger partial charge in [-0.3, -0.25) is 32.0 Å². The third-order valence-electron chi connectivity index (χ3n) is 5.56. The van der Waals surface area contributed by atoms with E-state index in [9.17, 15) is 105 Å². The van der Waals surface area contributed by atoms with Gasteiger partial charge in [0.2, 0.25) is 7.60 Å². The van der Waals surface area contributed by atoms with Crippen LogP contribution in [-0.2, 0) is 45.6 Å². The van der Waals surface area contributed by atoms with E-state index >= 15 is 0 Å². The third kappa shape index (κ3) is 10.3. The SMILES string of the molecule is N.O=P([O-])(O)C([N+](C(P(=O)(O)O)P(=O)(O)O)(C(P(=O)(O)O)P(=O)(O)O)C(P(=O)(O)O)P(=O)(O)O)P1(=O)OCCCCCCO1. The van der Waals surface area contributed by atoms with Crippen LogP contribution in [0.5, 0.6) is 0 Å². The van der Waals surface area contributed by atoms with E-state index in [4.69, 9.17) is 9.05 Å². The molecule has 34 heteroatoms. The van der Waals surface area contributed by atoms with Crippen molar-refractivity contribution in [3.63, 3.8) is 0 Å². The van der Waals surface area contributed by atoms with Crippen molar-refractivity contribution in [2.75, 3.05) is 13.2 Å². The van der Waals surface area contributed by atoms with Gasteiger partial charge in [0.15, 0.2) is 0 Å². The van der Waals surface area contributed by atoms with Crippen molar-refractivity contribution in [3.8, 4) is 0 Å². The highest BCUT2D eigenvalue weighted by molar-refractivity contribution is 7.75. The molecule has 0 radical (unpaired) electrons. The molecule has 0 spiro atoms. The van der Waals surface area contributed by atoms with E-state index in [1.54, 1.807) is 0 Å². The van der Waals surface area contributed by atoms with E-state index in [1.807, 2.05) is 0 Å². The van der Waals surface area contributed by atoms with Gasteiger partial charge in [-0.05, 0) is 12.8 Å². The molecule has 0 aliphatic carbocycles. The number of nitrogens with zero attached hydrogens (tertiary/aromatic N) is 1. The Labute approximate surface area is 246 Å². The molecule has 16 N–H and O–H groups in total. The van der Waals surface area contributed by atoms with Crippen LogP contribution in [0.15, 0.2) is 0 Å². The van der Waals surface area contributed by atoms with Gasteiger partial charge in [0.1, 0.15) is 0 Å². The smallest absolute Gasteiger partial charge is 0.396 e. The molecule has 0 amide bonds. The first-order valence-electron chi connectivity index (χ1n) is 10.8. The molecular formula is C10H32N2O24P8. The molecule has 0 bridgehead atoms. The molecule has 266 valence electrons. The highest BCUT2D eigenvalue weighted by Crippen LogP contribution is 2.85. The lowest BCUT2D eigenvalue weighted by Gasteiger charge is -2.56. The van der Waals surface area contributed by atoms with Gasteiger partial charge in [-0.2, -0.15) is 0 Å². The minimum atomic E-state index is -7.51. The van der Waals surface area contributed by atoms with Gasteiger partial charge in [-0.25, -0.2) is 4.48 Å². The largest absolute Gasteiger partial charge is 0.774 e. The fraction of sp³-hybridized carbons (Fsp3) is 1.00. The maximum absolute atomic E-state index is 14.1. The van der Waals surface area contributed by atoms with Gasteiger partial charge in [0.05, 0.1) is 13.2 Å². The Morgan fingerprint density at radius 2 is 0.750 bits per heavy atom. The first-order chi connectivity index (χ1) is 18.7. The lowest BCUT2D eigenvalue weighted by Crippen LogP contribution is -2.70. The zero-order valence-corrected chi connectivity index (χ0v) is 28.7. The molecule has 0 aromatic rings. The maximum atomic E-state index is 14.1. The normalized spacial score (nSPS) is 20.8. The van der Waals surface area contributed by atoms with Crippen LogP contribution in [-0.4, -0.2) is 103 Å². The molecule has 2 unspecified atom stereocenters. The number of rotatable bonds is 12. The molecule has 0 aromatic carbocycles. The molecule has 1 rings (SSSR count). The van der Waals surface area contributed by atoms with Crippen LogP contribution in [0.2, 0.25) is 0 Å². The summed E-state index contributed by atoms with van der Waals surface area (Å²) in [6.07, 6.45) is -0.264. The van der Waals surface area contributed by atoms with Gasteiger partial charge < -0.3 is 88.3 Å². The molecule has 1 aliphatic heterocycles. The zero-order valence-electron chi connectivity index (χ0n) is 21.6. The van der Waals surface area contributed by atoms with Gasteiger partial charge in [-0.1, -0.05) is 12.8 Å². The molecule has 1 saturated heterocycles. The fourth-order valence-electron chi connectivity index (χ4n) is 4.65. The summed E-state index contributed by atoms with van der Waals surface area (Å²) in [5, 5.41) is 0. The number of quaternary nitrogens is 1. The predicted octanol–water partition coefficient (Wildman–Crippen LogP) is -1.49. The van der Waals surface area contributed by atoms with Gasteiger partial charge in [0.25, 0.3) is 22.1 Å². The monoisotopic (exact) mass is 812 g/mol. The molecule has 1 fully saturated rings. The Kier molecular flexibility index (Phi) is 14.9. The summed E-state index contributed by atoms with van der Waals surface area (Å²) < 4.78 is 108. The topological polar surface area (TPSA) is 476 Å². The van der Waals surface area contributed by atoms with Crippen LogP contribution < -0.4 is 11.0 Å². The Morgan fingerprint density at radius 3 is 0.932 bits per heavy atom. The van der Waals surface area contributed by atoms with Crippen LogP contribution in [0.4, 0.5) is 0 Å². The van der Waals surface area contributed by atoms with Crippen LogP contribution in [0.25, 0.3) is 0 Å². The van der Waals surface area contributed by atoms with Crippen molar-refractivity contribution in [1.82, 2.24) is 6.15 Å². The lowest BCUT2D eigenvalue weighted by atomic mass is 10.2. The molecule has 1 heterocycles. The molecule has 2 atom stereocenters. The molecule has 26 nitrogen and oxygen atoms in total. The molecule has 0 saturated carbocycles. The van der Waals surface area contributed by atoms with Crippen LogP contribution in [0.3, 0.4) is 0 Å². The Hall–Kier alpha value is 1.12. The van der Waals surface area contributed by atoms with Gasteiger partial charge in [0, 0.05) is 0 Å². The predicted molar refractivity (Wildman–Crippen MR) is 141 cm³/mol. The first kappa shape index (κ1) is 45.1. The van der Waals surface area contributed by atoms with E-state index in [0.717, 1.165) is 0 Å². The fourth-order valence-corrected chi connectivity index (χ4v) is 22.1. The highest BCUT2D eigenvalue weighted by atomic mass is 31.3. The maximum Gasteiger partial charge on any atom is 0.396 e. The van der Waals surface area contributed by atoms with Crippen LogP contribution in [0.1, 0.15) is 25.7 Å². The second kappa shape index (κ2) is 14.5. The average molecular weight is 812 g/mol. The standard InChI is InChI=1S/C10H29NO24P8.H3N/c12-36(13,14)7(37(15,16)17)11(8(38(18,19)20)39(21,22)23,9(40(24,25)26)41(27,28)29)10(42(30,31)32)43(33)34-5-3-1-2-4-6-35-43;/h7-10H,1-6H2,(H13-,12,13,14,15,16,17,18,19,20,21,22,23,24,25,26,27,28,29,30,31,32);1H3. The summed E-state index contributed by atoms with van der Waals surface area (Å²) in [4.78, 5) is 143. The second-order valence-corrected chi connectivity index (χ2v) is 24.3. The van der Waals surface area contributed by atoms with Crippen molar-refractivity contribution < 1.29 is 119 Å². The Bertz CT molecular complexity index is 1210. The highest BCUT2D eigenvalue weighted by Gasteiger charge is 2.84. The van der Waals surface area contributed by atoms with E-state index < -0.39 is 101 Å². The minimum Gasteiger partial charge on any atom is -0.774 e. The third-order valence-corrected chi connectivity index (χ3v) is 21.7. The van der Waals surface area contributed by atoms with E-state index in [2.05, 4.69) is 0 Å². The van der Waals surface area contributed by atoms with E-state index in [-0.39, 0.29) is 31.8 Å². The van der Waals surface area contributed by atoms with Crippen molar-refractivity contribution in [3.05, 3.63) is 0 Å².